The number of amides is 1. The molecule has 2 atom stereocenters. The van der Waals surface area contributed by atoms with E-state index in [1.54, 1.807) is 0 Å². The van der Waals surface area contributed by atoms with E-state index >= 15 is 0 Å². The van der Waals surface area contributed by atoms with Gasteiger partial charge in [0.05, 0.1) is 5.71 Å². The Morgan fingerprint density at radius 3 is 2.70 bits per heavy atom. The second-order valence-corrected chi connectivity index (χ2v) is 7.12. The number of fused-ring (bicyclic) bond motifs is 3. The van der Waals surface area contributed by atoms with Crippen molar-refractivity contribution in [3.63, 3.8) is 0 Å². The van der Waals surface area contributed by atoms with Crippen molar-refractivity contribution >= 4 is 11.6 Å². The normalized spacial score (nSPS) is 35.5. The molecule has 0 aliphatic carbocycles. The molecule has 3 fully saturated rings. The zero-order valence-corrected chi connectivity index (χ0v) is 13.5. The van der Waals surface area contributed by atoms with Crippen LogP contribution in [0.1, 0.15) is 31.7 Å². The van der Waals surface area contributed by atoms with E-state index in [2.05, 4.69) is 15.4 Å². The van der Waals surface area contributed by atoms with Crippen LogP contribution in [0.15, 0.2) is 35.5 Å². The molecule has 0 aromatic heterocycles. The van der Waals surface area contributed by atoms with E-state index < -0.39 is 5.60 Å². The first kappa shape index (κ1) is 14.7. The van der Waals surface area contributed by atoms with Crippen molar-refractivity contribution in [1.29, 1.82) is 0 Å². The summed E-state index contributed by atoms with van der Waals surface area (Å²) >= 11 is 0. The molecule has 122 valence electrons. The lowest BCUT2D eigenvalue weighted by molar-refractivity contribution is -0.143. The zero-order chi connectivity index (χ0) is 15.9. The molecule has 0 spiro atoms. The van der Waals surface area contributed by atoms with Crippen molar-refractivity contribution < 1.29 is 9.63 Å². The molecule has 2 unspecified atom stereocenters. The average molecular weight is 313 g/mol. The van der Waals surface area contributed by atoms with Gasteiger partial charge in [0.2, 0.25) is 5.60 Å². The van der Waals surface area contributed by atoms with Gasteiger partial charge in [-0.05, 0) is 44.3 Å². The van der Waals surface area contributed by atoms with Gasteiger partial charge in [0.25, 0.3) is 5.91 Å². The van der Waals surface area contributed by atoms with Gasteiger partial charge in [-0.3, -0.25) is 4.79 Å². The number of nitrogens with one attached hydrogen (secondary N) is 1. The van der Waals surface area contributed by atoms with Crippen molar-refractivity contribution in [3.8, 4) is 0 Å². The van der Waals surface area contributed by atoms with Crippen LogP contribution in [0.4, 0.5) is 0 Å². The van der Waals surface area contributed by atoms with Gasteiger partial charge in [0.15, 0.2) is 0 Å². The standard InChI is InChI=1S/C18H23N3O2/c1-18(11-15(20-23-18)13-5-3-2-4-6-13)17(22)19-16-12-21-9-7-14(16)8-10-21/h2-6,14,16H,7-12H2,1H3,(H,19,22). The fourth-order valence-corrected chi connectivity index (χ4v) is 3.90. The molecule has 4 aliphatic heterocycles. The first-order valence-corrected chi connectivity index (χ1v) is 8.48. The van der Waals surface area contributed by atoms with Gasteiger partial charge < -0.3 is 15.1 Å². The van der Waals surface area contributed by atoms with Gasteiger partial charge in [0.1, 0.15) is 0 Å². The van der Waals surface area contributed by atoms with Crippen LogP contribution in [0.2, 0.25) is 0 Å². The van der Waals surface area contributed by atoms with Gasteiger partial charge in [-0.25, -0.2) is 0 Å². The van der Waals surface area contributed by atoms with Gasteiger partial charge in [-0.15, -0.1) is 0 Å². The first-order chi connectivity index (χ1) is 11.1. The summed E-state index contributed by atoms with van der Waals surface area (Å²) < 4.78 is 0. The van der Waals surface area contributed by atoms with Crippen LogP contribution in [0, 0.1) is 5.92 Å². The molecule has 0 radical (unpaired) electrons. The number of hydrogen-bond acceptors (Lipinski definition) is 4. The predicted octanol–water partition coefficient (Wildman–Crippen LogP) is 1.78. The number of carbonyl (C=O) groups excluding carboxylic acids is 1. The molecular weight excluding hydrogens is 290 g/mol. The van der Waals surface area contributed by atoms with E-state index in [4.69, 9.17) is 4.84 Å². The molecule has 5 rings (SSSR count). The Labute approximate surface area is 136 Å². The third-order valence-corrected chi connectivity index (χ3v) is 5.42. The van der Waals surface area contributed by atoms with Gasteiger partial charge >= 0.3 is 0 Å². The van der Waals surface area contributed by atoms with Crippen LogP contribution < -0.4 is 5.32 Å². The quantitative estimate of drug-likeness (QED) is 0.925. The number of hydrogen-bond donors (Lipinski definition) is 1. The molecule has 1 amide bonds. The highest BCUT2D eigenvalue weighted by molar-refractivity contribution is 6.05. The van der Waals surface area contributed by atoms with E-state index in [9.17, 15) is 4.79 Å². The van der Waals surface area contributed by atoms with Crippen LogP contribution in [-0.4, -0.2) is 47.8 Å². The van der Waals surface area contributed by atoms with Crippen molar-refractivity contribution in [2.75, 3.05) is 19.6 Å². The summed E-state index contributed by atoms with van der Waals surface area (Å²) in [4.78, 5) is 20.8. The van der Waals surface area contributed by atoms with Crippen molar-refractivity contribution in [2.24, 2.45) is 11.1 Å². The number of oxime groups is 1. The van der Waals surface area contributed by atoms with Crippen molar-refractivity contribution in [1.82, 2.24) is 10.2 Å². The number of nitrogens with zero attached hydrogens (tertiary/aromatic N) is 2. The van der Waals surface area contributed by atoms with Gasteiger partial charge in [0, 0.05) is 19.0 Å². The summed E-state index contributed by atoms with van der Waals surface area (Å²) in [5, 5.41) is 7.39. The topological polar surface area (TPSA) is 53.9 Å². The Hall–Kier alpha value is -1.88. The molecule has 2 bridgehead atoms. The molecule has 4 aliphatic rings. The molecule has 5 nitrogen and oxygen atoms in total. The Bertz CT molecular complexity index is 622. The molecule has 0 saturated carbocycles. The van der Waals surface area contributed by atoms with E-state index in [-0.39, 0.29) is 11.9 Å². The maximum atomic E-state index is 12.8. The average Bonchev–Trinajstić information content (AvgIpc) is 3.01. The first-order valence-electron chi connectivity index (χ1n) is 8.48. The monoisotopic (exact) mass is 313 g/mol. The second-order valence-electron chi connectivity index (χ2n) is 7.12. The van der Waals surface area contributed by atoms with Gasteiger partial charge in [-0.2, -0.15) is 0 Å². The molecule has 3 saturated heterocycles. The lowest BCUT2D eigenvalue weighted by Gasteiger charge is -2.45. The molecule has 1 aromatic carbocycles. The Kier molecular flexibility index (Phi) is 3.60. The minimum absolute atomic E-state index is 0.0362. The minimum Gasteiger partial charge on any atom is -0.379 e. The molecule has 4 heterocycles. The number of piperidine rings is 3. The van der Waals surface area contributed by atoms with Crippen LogP contribution in [0.25, 0.3) is 0 Å². The fourth-order valence-electron chi connectivity index (χ4n) is 3.90. The summed E-state index contributed by atoms with van der Waals surface area (Å²) in [6, 6.07) is 10.2. The second kappa shape index (κ2) is 5.64. The third-order valence-electron chi connectivity index (χ3n) is 5.42. The maximum absolute atomic E-state index is 12.8. The lowest BCUT2D eigenvalue weighted by Crippen LogP contribution is -2.60. The van der Waals surface area contributed by atoms with Crippen LogP contribution >= 0.6 is 0 Å². The number of benzene rings is 1. The Balaban J connectivity index is 1.41. The van der Waals surface area contributed by atoms with Crippen LogP contribution in [0.5, 0.6) is 0 Å². The molecule has 1 aromatic rings. The minimum atomic E-state index is -0.892. The molecule has 5 heteroatoms. The van der Waals surface area contributed by atoms with Crippen LogP contribution in [0.3, 0.4) is 0 Å². The largest absolute Gasteiger partial charge is 0.379 e. The van der Waals surface area contributed by atoms with E-state index in [1.807, 2.05) is 37.3 Å². The highest BCUT2D eigenvalue weighted by Gasteiger charge is 2.44. The molecular formula is C18H23N3O2. The van der Waals surface area contributed by atoms with E-state index in [1.165, 1.54) is 25.9 Å². The maximum Gasteiger partial charge on any atom is 0.267 e. The SMILES string of the molecule is CC1(C(=O)NC2CN3CCC2CC3)CC(c2ccccc2)=NO1. The smallest absolute Gasteiger partial charge is 0.267 e. The van der Waals surface area contributed by atoms with Crippen molar-refractivity contribution in [3.05, 3.63) is 35.9 Å². The summed E-state index contributed by atoms with van der Waals surface area (Å²) in [6.07, 6.45) is 2.90. The summed E-state index contributed by atoms with van der Waals surface area (Å²) in [6.45, 7) is 5.15. The Morgan fingerprint density at radius 2 is 2.04 bits per heavy atom. The Morgan fingerprint density at radius 1 is 1.30 bits per heavy atom. The zero-order valence-electron chi connectivity index (χ0n) is 13.5. The summed E-state index contributed by atoms with van der Waals surface area (Å²) in [5.74, 6) is 0.578. The summed E-state index contributed by atoms with van der Waals surface area (Å²) in [5.41, 5.74) is 0.973. The van der Waals surface area contributed by atoms with E-state index in [0.717, 1.165) is 17.8 Å². The number of carbonyl (C=O) groups is 1. The predicted molar refractivity (Wildman–Crippen MR) is 88.2 cm³/mol. The highest BCUT2D eigenvalue weighted by Crippen LogP contribution is 2.30. The highest BCUT2D eigenvalue weighted by atomic mass is 16.7. The third kappa shape index (κ3) is 2.74. The van der Waals surface area contributed by atoms with E-state index in [0.29, 0.717) is 12.3 Å². The van der Waals surface area contributed by atoms with Crippen LogP contribution in [-0.2, 0) is 9.63 Å². The van der Waals surface area contributed by atoms with Gasteiger partial charge in [-0.1, -0.05) is 35.5 Å². The number of rotatable bonds is 3. The molecule has 1 N–H and O–H groups in total. The molecule has 23 heavy (non-hydrogen) atoms. The van der Waals surface area contributed by atoms with Crippen molar-refractivity contribution in [2.45, 2.75) is 37.8 Å². The lowest BCUT2D eigenvalue weighted by atomic mass is 9.83. The summed E-state index contributed by atoms with van der Waals surface area (Å²) in [7, 11) is 0. The fraction of sp³-hybridized carbons (Fsp3) is 0.556.